The Morgan fingerprint density at radius 2 is 1.91 bits per heavy atom. The molecule has 6 nitrogen and oxygen atoms in total. The number of rotatable bonds is 6. The van der Waals surface area contributed by atoms with Gasteiger partial charge in [0.15, 0.2) is 5.96 Å². The number of aliphatic imine (C=N–C) groups is 1. The number of nitrogens with zero attached hydrogens (tertiary/aromatic N) is 3. The number of ether oxygens (including phenoxy) is 1. The average Bonchev–Trinajstić information content (AvgIpc) is 2.54. The maximum Gasteiger partial charge on any atom is 0.192 e. The van der Waals surface area contributed by atoms with E-state index in [1.54, 1.807) is 7.05 Å². The van der Waals surface area contributed by atoms with Gasteiger partial charge in [-0.1, -0.05) is 0 Å². The molecule has 1 saturated heterocycles. The molecule has 1 aliphatic rings. The Morgan fingerprint density at radius 1 is 1.23 bits per heavy atom. The van der Waals surface area contributed by atoms with Crippen molar-refractivity contribution in [1.29, 1.82) is 0 Å². The quantitative estimate of drug-likeness (QED) is 0.467. The van der Waals surface area contributed by atoms with Crippen molar-refractivity contribution in [2.45, 2.75) is 6.42 Å². The van der Waals surface area contributed by atoms with Crippen molar-refractivity contribution in [3.8, 4) is 5.75 Å². The van der Waals surface area contributed by atoms with E-state index in [1.165, 1.54) is 13.1 Å². The zero-order chi connectivity index (χ0) is 15.8. The Morgan fingerprint density at radius 3 is 2.55 bits per heavy atom. The van der Waals surface area contributed by atoms with Crippen LogP contribution >= 0.6 is 0 Å². The molecule has 22 heavy (non-hydrogen) atoms. The highest BCUT2D eigenvalue weighted by Crippen LogP contribution is 2.15. The first-order valence-corrected chi connectivity index (χ1v) is 7.80. The van der Waals surface area contributed by atoms with Gasteiger partial charge in [-0.05, 0) is 37.7 Å². The summed E-state index contributed by atoms with van der Waals surface area (Å²) in [6.07, 6.45) is 1.05. The highest BCUT2D eigenvalue weighted by molar-refractivity contribution is 5.92. The molecule has 0 unspecified atom stereocenters. The maximum absolute atomic E-state index is 5.78. The molecule has 122 valence electrons. The maximum atomic E-state index is 5.78. The number of hydrogen-bond acceptors (Lipinski definition) is 4. The fourth-order valence-corrected chi connectivity index (χ4v) is 2.39. The third kappa shape index (κ3) is 5.54. The summed E-state index contributed by atoms with van der Waals surface area (Å²) in [5.74, 6) is 1.29. The molecule has 2 rings (SSSR count). The molecule has 3 N–H and O–H groups in total. The largest absolute Gasteiger partial charge is 0.494 e. The average molecular weight is 305 g/mol. The van der Waals surface area contributed by atoms with Crippen LogP contribution < -0.4 is 15.8 Å². The van der Waals surface area contributed by atoms with Crippen molar-refractivity contribution < 1.29 is 4.74 Å². The first-order chi connectivity index (χ1) is 10.7. The van der Waals surface area contributed by atoms with Crippen LogP contribution in [0.25, 0.3) is 0 Å². The van der Waals surface area contributed by atoms with Crippen molar-refractivity contribution in [2.75, 3.05) is 58.7 Å². The van der Waals surface area contributed by atoms with E-state index in [4.69, 9.17) is 10.5 Å². The van der Waals surface area contributed by atoms with Crippen LogP contribution in [0, 0.1) is 0 Å². The van der Waals surface area contributed by atoms with Gasteiger partial charge in [0.05, 0.1) is 6.61 Å². The molecule has 0 saturated carbocycles. The zero-order valence-corrected chi connectivity index (χ0v) is 13.6. The van der Waals surface area contributed by atoms with Crippen molar-refractivity contribution >= 4 is 11.6 Å². The second kappa shape index (κ2) is 8.60. The van der Waals surface area contributed by atoms with E-state index in [1.807, 2.05) is 24.3 Å². The second-order valence-corrected chi connectivity index (χ2v) is 5.61. The van der Waals surface area contributed by atoms with Gasteiger partial charge in [0, 0.05) is 45.5 Å². The Labute approximate surface area is 132 Å². The summed E-state index contributed by atoms with van der Waals surface area (Å²) in [5, 5.41) is 2.99. The van der Waals surface area contributed by atoms with Gasteiger partial charge in [-0.2, -0.15) is 0 Å². The third-order valence-corrected chi connectivity index (χ3v) is 3.85. The van der Waals surface area contributed by atoms with Crippen molar-refractivity contribution in [3.05, 3.63) is 24.3 Å². The molecule has 0 bridgehead atoms. The van der Waals surface area contributed by atoms with E-state index in [0.29, 0.717) is 5.96 Å². The molecule has 0 atom stereocenters. The molecule has 0 aromatic heterocycles. The molecular weight excluding hydrogens is 278 g/mol. The second-order valence-electron chi connectivity index (χ2n) is 5.61. The molecule has 1 aliphatic heterocycles. The molecule has 6 heteroatoms. The van der Waals surface area contributed by atoms with Gasteiger partial charge in [-0.15, -0.1) is 0 Å². The summed E-state index contributed by atoms with van der Waals surface area (Å²) in [5.41, 5.74) is 6.53. The Hall–Kier alpha value is -1.79. The molecule has 1 aromatic carbocycles. The Balaban J connectivity index is 1.64. The first kappa shape index (κ1) is 16.6. The highest BCUT2D eigenvalue weighted by atomic mass is 16.5. The van der Waals surface area contributed by atoms with E-state index >= 15 is 0 Å². The summed E-state index contributed by atoms with van der Waals surface area (Å²) >= 11 is 0. The van der Waals surface area contributed by atoms with E-state index in [0.717, 1.165) is 44.1 Å². The van der Waals surface area contributed by atoms with Gasteiger partial charge in [-0.25, -0.2) is 0 Å². The van der Waals surface area contributed by atoms with E-state index in [9.17, 15) is 0 Å². The lowest BCUT2D eigenvalue weighted by atomic mass is 10.3. The van der Waals surface area contributed by atoms with Gasteiger partial charge in [-0.3, -0.25) is 4.99 Å². The van der Waals surface area contributed by atoms with E-state index in [-0.39, 0.29) is 0 Å². The summed E-state index contributed by atoms with van der Waals surface area (Å²) in [6, 6.07) is 7.77. The Bertz CT molecular complexity index is 466. The van der Waals surface area contributed by atoms with Gasteiger partial charge < -0.3 is 25.6 Å². The van der Waals surface area contributed by atoms with Crippen LogP contribution in [0.1, 0.15) is 6.42 Å². The van der Waals surface area contributed by atoms with Gasteiger partial charge in [0.25, 0.3) is 0 Å². The fraction of sp³-hybridized carbons (Fsp3) is 0.562. The zero-order valence-electron chi connectivity index (χ0n) is 13.6. The number of likely N-dealkylation sites (N-methyl/N-ethyl adjacent to an activating group) is 1. The molecular formula is C16H27N5O. The third-order valence-electron chi connectivity index (χ3n) is 3.85. The molecule has 0 amide bonds. The number of benzene rings is 1. The standard InChI is InChI=1S/C16H27N5O/c1-18-16(17)19-14-4-6-15(7-5-14)22-13-3-8-21-11-9-20(2)10-12-21/h4-7H,3,8-13H2,1-2H3,(H3,17,18,19). The normalized spacial score (nSPS) is 17.5. The lowest BCUT2D eigenvalue weighted by molar-refractivity contribution is 0.145. The molecule has 1 heterocycles. The van der Waals surface area contributed by atoms with Crippen LogP contribution in [-0.4, -0.2) is 69.2 Å². The smallest absolute Gasteiger partial charge is 0.192 e. The highest BCUT2D eigenvalue weighted by Gasteiger charge is 2.12. The van der Waals surface area contributed by atoms with Crippen molar-refractivity contribution in [3.63, 3.8) is 0 Å². The van der Waals surface area contributed by atoms with Crippen molar-refractivity contribution in [2.24, 2.45) is 10.7 Å². The summed E-state index contributed by atoms with van der Waals surface area (Å²) in [4.78, 5) is 8.74. The number of hydrogen-bond donors (Lipinski definition) is 2. The van der Waals surface area contributed by atoms with Crippen LogP contribution in [0.5, 0.6) is 5.75 Å². The first-order valence-electron chi connectivity index (χ1n) is 7.80. The number of piperazine rings is 1. The van der Waals surface area contributed by atoms with E-state index < -0.39 is 0 Å². The van der Waals surface area contributed by atoms with Gasteiger partial charge >= 0.3 is 0 Å². The van der Waals surface area contributed by atoms with Crippen LogP contribution in [-0.2, 0) is 0 Å². The van der Waals surface area contributed by atoms with Crippen LogP contribution in [0.4, 0.5) is 5.69 Å². The Kier molecular flexibility index (Phi) is 6.48. The number of nitrogens with two attached hydrogens (primary N) is 1. The molecule has 1 aromatic rings. The summed E-state index contributed by atoms with van der Waals surface area (Å²) in [6.45, 7) is 6.52. The lowest BCUT2D eigenvalue weighted by Crippen LogP contribution is -2.44. The summed E-state index contributed by atoms with van der Waals surface area (Å²) < 4.78 is 5.78. The van der Waals surface area contributed by atoms with E-state index in [2.05, 4.69) is 27.2 Å². The summed E-state index contributed by atoms with van der Waals surface area (Å²) in [7, 11) is 3.83. The topological polar surface area (TPSA) is 66.1 Å². The van der Waals surface area contributed by atoms with Crippen molar-refractivity contribution in [1.82, 2.24) is 9.80 Å². The fourth-order valence-electron chi connectivity index (χ4n) is 2.39. The predicted molar refractivity (Wildman–Crippen MR) is 91.7 cm³/mol. The van der Waals surface area contributed by atoms with Crippen LogP contribution in [0.15, 0.2) is 29.3 Å². The number of anilines is 1. The minimum Gasteiger partial charge on any atom is -0.494 e. The molecule has 0 spiro atoms. The molecule has 1 fully saturated rings. The monoisotopic (exact) mass is 305 g/mol. The molecule has 0 radical (unpaired) electrons. The number of nitrogens with one attached hydrogen (secondary N) is 1. The van der Waals surface area contributed by atoms with Crippen LogP contribution in [0.2, 0.25) is 0 Å². The van der Waals surface area contributed by atoms with Gasteiger partial charge in [0.2, 0.25) is 0 Å². The predicted octanol–water partition coefficient (Wildman–Crippen LogP) is 1.06. The van der Waals surface area contributed by atoms with Crippen LogP contribution in [0.3, 0.4) is 0 Å². The minimum absolute atomic E-state index is 0.404. The lowest BCUT2D eigenvalue weighted by Gasteiger charge is -2.32. The number of guanidine groups is 1. The van der Waals surface area contributed by atoms with Gasteiger partial charge in [0.1, 0.15) is 5.75 Å². The minimum atomic E-state index is 0.404. The SMILES string of the molecule is CN=C(N)Nc1ccc(OCCCN2CCN(C)CC2)cc1. The molecule has 0 aliphatic carbocycles.